The Balaban J connectivity index is 5.29. The Morgan fingerprint density at radius 1 is 0.600 bits per heavy atom. The van der Waals surface area contributed by atoms with Crippen molar-refractivity contribution >= 4 is 46.4 Å². The van der Waals surface area contributed by atoms with Crippen molar-refractivity contribution in [1.82, 2.24) is 0 Å². The van der Waals surface area contributed by atoms with Crippen molar-refractivity contribution < 1.29 is 0 Å². The molecular weight excluding hydrogens is 394 g/mol. The van der Waals surface area contributed by atoms with Crippen LogP contribution in [0.3, 0.4) is 0 Å². The molecule has 0 radical (unpaired) electrons. The van der Waals surface area contributed by atoms with Gasteiger partial charge in [-0.3, -0.25) is 0 Å². The van der Waals surface area contributed by atoms with Crippen LogP contribution in [0.2, 0.25) is 0 Å². The molecule has 0 aromatic carbocycles. The Morgan fingerprint density at radius 3 is 1.44 bits per heavy atom. The minimum atomic E-state index is 0.0773. The van der Waals surface area contributed by atoms with Gasteiger partial charge in [-0.25, -0.2) is 0 Å². The predicted octanol–water partition coefficient (Wildman–Crippen LogP) is 8.59. The zero-order chi connectivity index (χ0) is 19.7. The van der Waals surface area contributed by atoms with Gasteiger partial charge in [-0.15, -0.1) is 46.4 Å². The van der Waals surface area contributed by atoms with Crippen molar-refractivity contribution in [3.8, 4) is 0 Å². The SMILES string of the molecule is CCC(CC(C(C)C)C(Cl)C(CC)C(Cl)C(CC)CC(C)Cl)C(C)Cl. The van der Waals surface area contributed by atoms with Crippen LogP contribution in [0.1, 0.15) is 80.6 Å². The highest BCUT2D eigenvalue weighted by atomic mass is 35.5. The highest BCUT2D eigenvalue weighted by Gasteiger charge is 2.37. The molecule has 0 aromatic rings. The van der Waals surface area contributed by atoms with E-state index in [1.165, 1.54) is 0 Å². The van der Waals surface area contributed by atoms with Crippen LogP contribution in [0.5, 0.6) is 0 Å². The smallest absolute Gasteiger partial charge is 0.0409 e. The van der Waals surface area contributed by atoms with Gasteiger partial charge in [0.15, 0.2) is 0 Å². The average Bonchev–Trinajstić information content (AvgIpc) is 2.52. The Bertz CT molecular complexity index is 330. The maximum absolute atomic E-state index is 7.09. The maximum Gasteiger partial charge on any atom is 0.0409 e. The second kappa shape index (κ2) is 13.4. The lowest BCUT2D eigenvalue weighted by Crippen LogP contribution is -2.38. The molecule has 0 rings (SSSR count). The molecule has 0 N–H and O–H groups in total. The minimum Gasteiger partial charge on any atom is -0.123 e. The van der Waals surface area contributed by atoms with Crippen LogP contribution >= 0.6 is 46.4 Å². The highest BCUT2D eigenvalue weighted by molar-refractivity contribution is 6.24. The Labute approximate surface area is 177 Å². The van der Waals surface area contributed by atoms with Gasteiger partial charge in [-0.05, 0) is 56.3 Å². The van der Waals surface area contributed by atoms with Gasteiger partial charge >= 0.3 is 0 Å². The molecule has 25 heavy (non-hydrogen) atoms. The van der Waals surface area contributed by atoms with E-state index in [9.17, 15) is 0 Å². The molecule has 0 fully saturated rings. The van der Waals surface area contributed by atoms with E-state index in [-0.39, 0.29) is 21.5 Å². The van der Waals surface area contributed by atoms with Crippen molar-refractivity contribution in [1.29, 1.82) is 0 Å². The van der Waals surface area contributed by atoms with Crippen LogP contribution in [0.25, 0.3) is 0 Å². The third-order valence-electron chi connectivity index (χ3n) is 5.91. The minimum absolute atomic E-state index is 0.0773. The van der Waals surface area contributed by atoms with Gasteiger partial charge in [0.1, 0.15) is 0 Å². The Hall–Kier alpha value is 1.16. The summed E-state index contributed by atoms with van der Waals surface area (Å²) >= 11 is 26.7. The number of rotatable bonds is 13. The molecule has 0 heterocycles. The molecule has 0 bridgehead atoms. The predicted molar refractivity (Wildman–Crippen MR) is 119 cm³/mol. The molecule has 0 aliphatic rings. The molecule has 0 spiro atoms. The fourth-order valence-corrected chi connectivity index (χ4v) is 5.96. The van der Waals surface area contributed by atoms with Crippen molar-refractivity contribution in [3.05, 3.63) is 0 Å². The summed E-state index contributed by atoms with van der Waals surface area (Å²) in [4.78, 5) is 0. The third kappa shape index (κ3) is 8.80. The third-order valence-corrected chi connectivity index (χ3v) is 7.77. The molecule has 0 aliphatic carbocycles. The standard InChI is InChI=1S/C21H40Cl4/c1-8-16(15(7)23)12-19(13(4)5)21(25)18(10-3)20(24)17(9-2)11-14(6)22/h13-21H,8-12H2,1-7H3. The van der Waals surface area contributed by atoms with E-state index in [0.29, 0.717) is 29.6 Å². The van der Waals surface area contributed by atoms with Gasteiger partial charge in [-0.1, -0.05) is 53.9 Å². The molecule has 8 atom stereocenters. The molecule has 0 aromatic heterocycles. The fourth-order valence-electron chi connectivity index (χ4n) is 4.03. The van der Waals surface area contributed by atoms with E-state index >= 15 is 0 Å². The number of alkyl halides is 4. The fraction of sp³-hybridized carbons (Fsp3) is 1.00. The van der Waals surface area contributed by atoms with E-state index in [0.717, 1.165) is 32.1 Å². The summed E-state index contributed by atoms with van der Waals surface area (Å²) in [7, 11) is 0. The van der Waals surface area contributed by atoms with Gasteiger partial charge in [0.05, 0.1) is 0 Å². The first-order chi connectivity index (χ1) is 11.6. The summed E-state index contributed by atoms with van der Waals surface area (Å²) in [5, 5.41) is 0.493. The first kappa shape index (κ1) is 26.2. The molecule has 0 saturated carbocycles. The van der Waals surface area contributed by atoms with Crippen LogP contribution in [-0.2, 0) is 0 Å². The first-order valence-corrected chi connectivity index (χ1v) is 11.9. The van der Waals surface area contributed by atoms with Crippen molar-refractivity contribution in [2.75, 3.05) is 0 Å². The lowest BCUT2D eigenvalue weighted by molar-refractivity contribution is 0.219. The van der Waals surface area contributed by atoms with Crippen molar-refractivity contribution in [2.45, 2.75) is 102 Å². The summed E-state index contributed by atoms with van der Waals surface area (Å²) in [5.74, 6) is 2.19. The summed E-state index contributed by atoms with van der Waals surface area (Å²) in [5.41, 5.74) is 0. The summed E-state index contributed by atoms with van der Waals surface area (Å²) in [6, 6.07) is 0. The van der Waals surface area contributed by atoms with Crippen LogP contribution in [0.4, 0.5) is 0 Å². The zero-order valence-corrected chi connectivity index (χ0v) is 20.3. The summed E-state index contributed by atoms with van der Waals surface area (Å²) in [6.07, 6.45) is 5.19. The van der Waals surface area contributed by atoms with E-state index in [2.05, 4.69) is 48.5 Å². The van der Waals surface area contributed by atoms with E-state index < -0.39 is 0 Å². The maximum atomic E-state index is 7.09. The van der Waals surface area contributed by atoms with Crippen molar-refractivity contribution in [3.63, 3.8) is 0 Å². The quantitative estimate of drug-likeness (QED) is 0.255. The summed E-state index contributed by atoms with van der Waals surface area (Å²) in [6.45, 7) is 15.4. The topological polar surface area (TPSA) is 0 Å². The van der Waals surface area contributed by atoms with E-state index in [4.69, 9.17) is 46.4 Å². The number of hydrogen-bond acceptors (Lipinski definition) is 0. The van der Waals surface area contributed by atoms with Crippen LogP contribution in [0.15, 0.2) is 0 Å². The lowest BCUT2D eigenvalue weighted by atomic mass is 9.75. The number of halogens is 4. The van der Waals surface area contributed by atoms with Crippen LogP contribution in [-0.4, -0.2) is 21.5 Å². The van der Waals surface area contributed by atoms with E-state index in [1.807, 2.05) is 0 Å². The van der Waals surface area contributed by atoms with Crippen molar-refractivity contribution in [2.24, 2.45) is 29.6 Å². The Kier molecular flexibility index (Phi) is 14.0. The normalized spacial score (nSPS) is 22.1. The van der Waals surface area contributed by atoms with Gasteiger partial charge in [0.2, 0.25) is 0 Å². The molecule has 152 valence electrons. The molecular formula is C21H40Cl4. The average molecular weight is 434 g/mol. The molecule has 0 aliphatic heterocycles. The van der Waals surface area contributed by atoms with Gasteiger partial charge in [-0.2, -0.15) is 0 Å². The molecule has 0 amide bonds. The van der Waals surface area contributed by atoms with E-state index in [1.54, 1.807) is 0 Å². The van der Waals surface area contributed by atoms with Gasteiger partial charge in [0, 0.05) is 21.5 Å². The van der Waals surface area contributed by atoms with Crippen LogP contribution in [0, 0.1) is 29.6 Å². The monoisotopic (exact) mass is 432 g/mol. The highest BCUT2D eigenvalue weighted by Crippen LogP contribution is 2.40. The molecule has 0 saturated heterocycles. The summed E-state index contributed by atoms with van der Waals surface area (Å²) < 4.78 is 0. The van der Waals surface area contributed by atoms with Gasteiger partial charge in [0.25, 0.3) is 0 Å². The van der Waals surface area contributed by atoms with Crippen LogP contribution < -0.4 is 0 Å². The zero-order valence-electron chi connectivity index (χ0n) is 17.2. The Morgan fingerprint density at radius 2 is 1.12 bits per heavy atom. The molecule has 4 heteroatoms. The lowest BCUT2D eigenvalue weighted by Gasteiger charge is -2.38. The molecule has 0 nitrogen and oxygen atoms in total. The first-order valence-electron chi connectivity index (χ1n) is 10.2. The number of hydrogen-bond donors (Lipinski definition) is 0. The van der Waals surface area contributed by atoms with Gasteiger partial charge < -0.3 is 0 Å². The largest absolute Gasteiger partial charge is 0.123 e. The molecule has 8 unspecified atom stereocenters. The second-order valence-electron chi connectivity index (χ2n) is 8.14. The second-order valence-corrected chi connectivity index (χ2v) is 10.6.